The zero-order chi connectivity index (χ0) is 12.3. The SMILES string of the molecule is COCCCc1nc2n(n1)C(C(=O)O)CCC2. The lowest BCUT2D eigenvalue weighted by molar-refractivity contribution is -0.141. The molecule has 0 radical (unpaired) electrons. The molecule has 17 heavy (non-hydrogen) atoms. The number of rotatable bonds is 5. The summed E-state index contributed by atoms with van der Waals surface area (Å²) < 4.78 is 6.55. The monoisotopic (exact) mass is 239 g/mol. The van der Waals surface area contributed by atoms with Gasteiger partial charge in [-0.2, -0.15) is 5.10 Å². The van der Waals surface area contributed by atoms with Gasteiger partial charge in [0.2, 0.25) is 0 Å². The normalized spacial score (nSPS) is 19.0. The minimum atomic E-state index is -0.820. The Morgan fingerprint density at radius 1 is 1.65 bits per heavy atom. The fourth-order valence-electron chi connectivity index (χ4n) is 2.11. The molecular weight excluding hydrogens is 222 g/mol. The van der Waals surface area contributed by atoms with Gasteiger partial charge >= 0.3 is 5.97 Å². The molecule has 0 amide bonds. The molecule has 0 aromatic carbocycles. The number of carboxylic acids is 1. The van der Waals surface area contributed by atoms with Gasteiger partial charge in [-0.05, 0) is 19.3 Å². The summed E-state index contributed by atoms with van der Waals surface area (Å²) in [6.07, 6.45) is 3.93. The van der Waals surface area contributed by atoms with Crippen LogP contribution in [-0.2, 0) is 22.4 Å². The smallest absolute Gasteiger partial charge is 0.328 e. The fourth-order valence-corrected chi connectivity index (χ4v) is 2.11. The molecule has 1 N–H and O–H groups in total. The predicted octanol–water partition coefficient (Wildman–Crippen LogP) is 0.819. The van der Waals surface area contributed by atoms with Crippen LogP contribution in [0.25, 0.3) is 0 Å². The van der Waals surface area contributed by atoms with Gasteiger partial charge in [-0.25, -0.2) is 14.5 Å². The number of fused-ring (bicyclic) bond motifs is 1. The maximum atomic E-state index is 11.1. The molecule has 1 aliphatic heterocycles. The third-order valence-corrected chi connectivity index (χ3v) is 2.95. The Morgan fingerprint density at radius 3 is 3.18 bits per heavy atom. The van der Waals surface area contributed by atoms with Crippen molar-refractivity contribution in [1.82, 2.24) is 14.8 Å². The molecule has 1 atom stereocenters. The second-order valence-corrected chi connectivity index (χ2v) is 4.23. The van der Waals surface area contributed by atoms with E-state index in [1.165, 1.54) is 0 Å². The average Bonchev–Trinajstić information content (AvgIpc) is 2.71. The Hall–Kier alpha value is -1.43. The first-order valence-corrected chi connectivity index (χ1v) is 5.88. The summed E-state index contributed by atoms with van der Waals surface area (Å²) in [7, 11) is 1.66. The molecule has 2 heterocycles. The van der Waals surface area contributed by atoms with E-state index in [2.05, 4.69) is 10.1 Å². The number of nitrogens with zero attached hydrogens (tertiary/aromatic N) is 3. The molecule has 0 bridgehead atoms. The lowest BCUT2D eigenvalue weighted by atomic mass is 10.1. The van der Waals surface area contributed by atoms with E-state index in [-0.39, 0.29) is 0 Å². The van der Waals surface area contributed by atoms with Crippen molar-refractivity contribution >= 4 is 5.97 Å². The third-order valence-electron chi connectivity index (χ3n) is 2.95. The molecule has 0 saturated carbocycles. The van der Waals surface area contributed by atoms with Gasteiger partial charge in [-0.3, -0.25) is 0 Å². The molecule has 0 spiro atoms. The number of carbonyl (C=O) groups is 1. The summed E-state index contributed by atoms with van der Waals surface area (Å²) in [5.74, 6) is 0.709. The Kier molecular flexibility index (Phi) is 3.73. The predicted molar refractivity (Wildman–Crippen MR) is 59.8 cm³/mol. The van der Waals surface area contributed by atoms with Crippen molar-refractivity contribution < 1.29 is 14.6 Å². The van der Waals surface area contributed by atoms with Crippen molar-refractivity contribution in [1.29, 1.82) is 0 Å². The highest BCUT2D eigenvalue weighted by atomic mass is 16.5. The number of hydrogen-bond donors (Lipinski definition) is 1. The van der Waals surface area contributed by atoms with Crippen molar-refractivity contribution in [2.24, 2.45) is 0 Å². The van der Waals surface area contributed by atoms with Crippen molar-refractivity contribution in [3.8, 4) is 0 Å². The van der Waals surface area contributed by atoms with Crippen molar-refractivity contribution in [3.63, 3.8) is 0 Å². The van der Waals surface area contributed by atoms with E-state index in [0.717, 1.165) is 37.3 Å². The number of hydrogen-bond acceptors (Lipinski definition) is 4. The van der Waals surface area contributed by atoms with Gasteiger partial charge in [0, 0.05) is 26.6 Å². The fraction of sp³-hybridized carbons (Fsp3) is 0.727. The number of aliphatic carboxylic acids is 1. The van der Waals surface area contributed by atoms with Crippen molar-refractivity contribution in [2.45, 2.75) is 38.1 Å². The highest BCUT2D eigenvalue weighted by molar-refractivity contribution is 5.71. The van der Waals surface area contributed by atoms with Crippen molar-refractivity contribution in [2.75, 3.05) is 13.7 Å². The quantitative estimate of drug-likeness (QED) is 0.770. The lowest BCUT2D eigenvalue weighted by Crippen LogP contribution is -2.26. The number of methoxy groups -OCH3 is 1. The summed E-state index contributed by atoms with van der Waals surface area (Å²) in [6, 6.07) is -0.539. The van der Waals surface area contributed by atoms with Crippen LogP contribution in [0.2, 0.25) is 0 Å². The van der Waals surface area contributed by atoms with Gasteiger partial charge < -0.3 is 9.84 Å². The second-order valence-electron chi connectivity index (χ2n) is 4.23. The number of aromatic nitrogens is 3. The van der Waals surface area contributed by atoms with Crippen LogP contribution in [0, 0.1) is 0 Å². The third kappa shape index (κ3) is 2.63. The summed E-state index contributed by atoms with van der Waals surface area (Å²) in [5.41, 5.74) is 0. The molecule has 1 unspecified atom stereocenters. The Morgan fingerprint density at radius 2 is 2.47 bits per heavy atom. The van der Waals surface area contributed by atoms with Gasteiger partial charge in [0.15, 0.2) is 11.9 Å². The molecule has 0 aliphatic carbocycles. The van der Waals surface area contributed by atoms with Gasteiger partial charge in [-0.15, -0.1) is 0 Å². The first kappa shape index (κ1) is 12.0. The standard InChI is InChI=1S/C11H17N3O3/c1-17-7-3-5-9-12-10-6-2-4-8(11(15)16)14(10)13-9/h8H,2-7H2,1H3,(H,15,16). The maximum absolute atomic E-state index is 11.1. The number of aryl methyl sites for hydroxylation is 2. The van der Waals surface area contributed by atoms with Gasteiger partial charge in [0.1, 0.15) is 5.82 Å². The first-order chi connectivity index (χ1) is 8.22. The molecule has 0 fully saturated rings. The highest BCUT2D eigenvalue weighted by Crippen LogP contribution is 2.23. The molecule has 0 saturated heterocycles. The van der Waals surface area contributed by atoms with Gasteiger partial charge in [0.05, 0.1) is 0 Å². The van der Waals surface area contributed by atoms with E-state index in [0.29, 0.717) is 13.0 Å². The zero-order valence-electron chi connectivity index (χ0n) is 9.93. The molecule has 2 rings (SSSR count). The zero-order valence-corrected chi connectivity index (χ0v) is 9.93. The van der Waals surface area contributed by atoms with E-state index in [1.54, 1.807) is 11.8 Å². The van der Waals surface area contributed by atoms with Crippen LogP contribution in [-0.4, -0.2) is 39.6 Å². The number of ether oxygens (including phenoxy) is 1. The summed E-state index contributed by atoms with van der Waals surface area (Å²) in [4.78, 5) is 15.5. The van der Waals surface area contributed by atoms with E-state index >= 15 is 0 Å². The largest absolute Gasteiger partial charge is 0.480 e. The molecule has 6 heteroatoms. The second kappa shape index (κ2) is 5.27. The van der Waals surface area contributed by atoms with Gasteiger partial charge in [-0.1, -0.05) is 0 Å². The summed E-state index contributed by atoms with van der Waals surface area (Å²) in [5, 5.41) is 13.4. The molecule has 1 aliphatic rings. The molecular formula is C11H17N3O3. The topological polar surface area (TPSA) is 77.2 Å². The van der Waals surface area contributed by atoms with E-state index in [1.807, 2.05) is 0 Å². The maximum Gasteiger partial charge on any atom is 0.328 e. The molecule has 1 aromatic heterocycles. The molecule has 1 aromatic rings. The highest BCUT2D eigenvalue weighted by Gasteiger charge is 2.28. The van der Waals surface area contributed by atoms with Crippen LogP contribution in [0.15, 0.2) is 0 Å². The lowest BCUT2D eigenvalue weighted by Gasteiger charge is -2.19. The Bertz CT molecular complexity index is 403. The molecule has 94 valence electrons. The Labute approximate surface area is 99.6 Å². The van der Waals surface area contributed by atoms with Gasteiger partial charge in [0.25, 0.3) is 0 Å². The summed E-state index contributed by atoms with van der Waals surface area (Å²) >= 11 is 0. The van der Waals surface area contributed by atoms with Crippen LogP contribution in [0.3, 0.4) is 0 Å². The average molecular weight is 239 g/mol. The van der Waals surface area contributed by atoms with Crippen LogP contribution in [0.4, 0.5) is 0 Å². The summed E-state index contributed by atoms with van der Waals surface area (Å²) in [6.45, 7) is 0.673. The van der Waals surface area contributed by atoms with Crippen LogP contribution < -0.4 is 0 Å². The van der Waals surface area contributed by atoms with Crippen LogP contribution >= 0.6 is 0 Å². The minimum absolute atomic E-state index is 0.539. The number of carboxylic acid groups (broad SMARTS) is 1. The minimum Gasteiger partial charge on any atom is -0.480 e. The van der Waals surface area contributed by atoms with Crippen LogP contribution in [0.1, 0.15) is 37.0 Å². The van der Waals surface area contributed by atoms with Crippen molar-refractivity contribution in [3.05, 3.63) is 11.6 Å². The Balaban J connectivity index is 2.10. The van der Waals surface area contributed by atoms with E-state index in [9.17, 15) is 4.79 Å². The van der Waals surface area contributed by atoms with Crippen LogP contribution in [0.5, 0.6) is 0 Å². The molecule has 6 nitrogen and oxygen atoms in total. The first-order valence-electron chi connectivity index (χ1n) is 5.88. The van der Waals surface area contributed by atoms with E-state index < -0.39 is 12.0 Å². The van der Waals surface area contributed by atoms with E-state index in [4.69, 9.17) is 9.84 Å².